The van der Waals surface area contributed by atoms with E-state index in [1.807, 2.05) is 17.9 Å². The molecule has 0 spiro atoms. The van der Waals surface area contributed by atoms with E-state index in [2.05, 4.69) is 22.8 Å². The van der Waals surface area contributed by atoms with Crippen LogP contribution in [0.25, 0.3) is 0 Å². The summed E-state index contributed by atoms with van der Waals surface area (Å²) in [4.78, 5) is 2.37. The Kier molecular flexibility index (Phi) is 3.66. The molecule has 0 unspecified atom stereocenters. The van der Waals surface area contributed by atoms with Crippen molar-refractivity contribution < 1.29 is 0 Å². The molecule has 1 fully saturated rings. The first-order valence-electron chi connectivity index (χ1n) is 5.66. The van der Waals surface area contributed by atoms with Crippen molar-refractivity contribution in [1.82, 2.24) is 14.7 Å². The molecule has 1 saturated heterocycles. The Morgan fingerprint density at radius 1 is 1.69 bits per heavy atom. The summed E-state index contributed by atoms with van der Waals surface area (Å²) in [6.45, 7) is 6.83. The summed E-state index contributed by atoms with van der Waals surface area (Å²) in [5.41, 5.74) is 1.33. The molecule has 1 aromatic rings. The third-order valence-corrected chi connectivity index (χ3v) is 3.17. The molecule has 1 atom stereocenters. The summed E-state index contributed by atoms with van der Waals surface area (Å²) in [7, 11) is 1.96. The lowest BCUT2D eigenvalue weighted by molar-refractivity contribution is 0.356. The van der Waals surface area contributed by atoms with E-state index < -0.39 is 0 Å². The fraction of sp³-hybridized carbons (Fsp3) is 0.583. The number of aromatic nitrogens is 2. The Morgan fingerprint density at radius 3 is 3.12 bits per heavy atom. The fourth-order valence-electron chi connectivity index (χ4n) is 2.38. The first-order valence-corrected chi connectivity index (χ1v) is 6.04. The minimum absolute atomic E-state index is 0.736. The maximum Gasteiger partial charge on any atom is 0.0521 e. The van der Waals surface area contributed by atoms with Gasteiger partial charge in [0, 0.05) is 31.4 Å². The zero-order valence-corrected chi connectivity index (χ0v) is 10.5. The summed E-state index contributed by atoms with van der Waals surface area (Å²) < 4.78 is 1.86. The Labute approximate surface area is 102 Å². The van der Waals surface area contributed by atoms with Crippen LogP contribution in [0.2, 0.25) is 0 Å². The van der Waals surface area contributed by atoms with E-state index in [9.17, 15) is 0 Å². The molecule has 1 aromatic heterocycles. The highest BCUT2D eigenvalue weighted by Gasteiger charge is 2.22. The Balaban J connectivity index is 1.82. The smallest absolute Gasteiger partial charge is 0.0521 e. The van der Waals surface area contributed by atoms with Gasteiger partial charge in [-0.25, -0.2) is 0 Å². The highest BCUT2D eigenvalue weighted by molar-refractivity contribution is 6.29. The van der Waals surface area contributed by atoms with E-state index in [0.29, 0.717) is 0 Å². The summed E-state index contributed by atoms with van der Waals surface area (Å²) in [6, 6.07) is 0. The lowest BCUT2D eigenvalue weighted by Crippen LogP contribution is -2.22. The fourth-order valence-corrected chi connectivity index (χ4v) is 2.55. The largest absolute Gasteiger partial charge is 0.298 e. The molecule has 0 aliphatic carbocycles. The number of nitrogens with zero attached hydrogens (tertiary/aromatic N) is 3. The van der Waals surface area contributed by atoms with Crippen LogP contribution in [0, 0.1) is 5.92 Å². The molecule has 0 radical (unpaired) electrons. The predicted octanol–water partition coefficient (Wildman–Crippen LogP) is 2.04. The van der Waals surface area contributed by atoms with E-state index in [1.54, 1.807) is 0 Å². The van der Waals surface area contributed by atoms with Gasteiger partial charge in [-0.2, -0.15) is 5.10 Å². The zero-order valence-electron chi connectivity index (χ0n) is 9.69. The lowest BCUT2D eigenvalue weighted by Gasteiger charge is -2.14. The zero-order chi connectivity index (χ0) is 11.5. The molecule has 3 nitrogen and oxygen atoms in total. The van der Waals surface area contributed by atoms with E-state index in [-0.39, 0.29) is 0 Å². The maximum absolute atomic E-state index is 5.82. The standard InChI is InChI=1S/C12H18ClN3/c1-10(13)7-16-4-3-11(9-16)5-12-6-14-15(2)8-12/h6,8,11H,1,3-5,7,9H2,2H3/t11-/m1/s1. The van der Waals surface area contributed by atoms with Crippen LogP contribution in [0.15, 0.2) is 24.0 Å². The number of aryl methyl sites for hydroxylation is 1. The van der Waals surface area contributed by atoms with Crippen molar-refractivity contribution in [3.63, 3.8) is 0 Å². The number of halogens is 1. The quantitative estimate of drug-likeness (QED) is 0.802. The average Bonchev–Trinajstić information content (AvgIpc) is 2.76. The molecule has 0 bridgehead atoms. The Bertz CT molecular complexity index is 372. The molecule has 88 valence electrons. The van der Waals surface area contributed by atoms with Gasteiger partial charge in [0.05, 0.1) is 6.20 Å². The third-order valence-electron chi connectivity index (χ3n) is 3.05. The second kappa shape index (κ2) is 5.02. The van der Waals surface area contributed by atoms with E-state index in [1.165, 1.54) is 12.0 Å². The van der Waals surface area contributed by atoms with E-state index >= 15 is 0 Å². The van der Waals surface area contributed by atoms with Gasteiger partial charge in [0.2, 0.25) is 0 Å². The highest BCUT2D eigenvalue weighted by atomic mass is 35.5. The molecule has 16 heavy (non-hydrogen) atoms. The molecule has 0 N–H and O–H groups in total. The van der Waals surface area contributed by atoms with Crippen molar-refractivity contribution in [1.29, 1.82) is 0 Å². The molecule has 1 aliphatic rings. The number of hydrogen-bond donors (Lipinski definition) is 0. The van der Waals surface area contributed by atoms with Crippen LogP contribution < -0.4 is 0 Å². The number of hydrogen-bond acceptors (Lipinski definition) is 2. The highest BCUT2D eigenvalue weighted by Crippen LogP contribution is 2.21. The van der Waals surface area contributed by atoms with Gasteiger partial charge in [0.15, 0.2) is 0 Å². The minimum atomic E-state index is 0.736. The van der Waals surface area contributed by atoms with Crippen molar-refractivity contribution in [2.24, 2.45) is 13.0 Å². The minimum Gasteiger partial charge on any atom is -0.298 e. The van der Waals surface area contributed by atoms with Crippen molar-refractivity contribution in [3.05, 3.63) is 29.6 Å². The summed E-state index contributed by atoms with van der Waals surface area (Å²) in [5, 5.41) is 4.93. The molecule has 0 aromatic carbocycles. The van der Waals surface area contributed by atoms with Gasteiger partial charge in [-0.3, -0.25) is 9.58 Å². The normalized spacial score (nSPS) is 21.5. The van der Waals surface area contributed by atoms with Crippen molar-refractivity contribution in [2.75, 3.05) is 19.6 Å². The van der Waals surface area contributed by atoms with Crippen LogP contribution in [0.4, 0.5) is 0 Å². The second-order valence-electron chi connectivity index (χ2n) is 4.63. The molecule has 1 aliphatic heterocycles. The molecule has 4 heteroatoms. The Hall–Kier alpha value is -0.800. The molecular weight excluding hydrogens is 222 g/mol. The first-order chi connectivity index (χ1) is 7.63. The van der Waals surface area contributed by atoms with Crippen LogP contribution in [0.1, 0.15) is 12.0 Å². The van der Waals surface area contributed by atoms with Gasteiger partial charge in [0.25, 0.3) is 0 Å². The van der Waals surface area contributed by atoms with E-state index in [4.69, 9.17) is 11.6 Å². The Morgan fingerprint density at radius 2 is 2.50 bits per heavy atom. The third kappa shape index (κ3) is 3.09. The van der Waals surface area contributed by atoms with Crippen LogP contribution in [0.3, 0.4) is 0 Å². The maximum atomic E-state index is 5.82. The van der Waals surface area contributed by atoms with Gasteiger partial charge < -0.3 is 0 Å². The van der Waals surface area contributed by atoms with Crippen LogP contribution >= 0.6 is 11.6 Å². The molecule has 2 heterocycles. The van der Waals surface area contributed by atoms with Gasteiger partial charge >= 0.3 is 0 Å². The SMILES string of the molecule is C=C(Cl)CN1CC[C@H](Cc2cnn(C)c2)C1. The molecule has 2 rings (SSSR count). The van der Waals surface area contributed by atoms with Crippen molar-refractivity contribution in [3.8, 4) is 0 Å². The van der Waals surface area contributed by atoms with Gasteiger partial charge in [0.1, 0.15) is 0 Å². The van der Waals surface area contributed by atoms with Gasteiger partial charge in [-0.1, -0.05) is 18.2 Å². The number of likely N-dealkylation sites (tertiary alicyclic amines) is 1. The first kappa shape index (κ1) is 11.7. The van der Waals surface area contributed by atoms with Gasteiger partial charge in [-0.15, -0.1) is 0 Å². The van der Waals surface area contributed by atoms with Crippen LogP contribution in [0.5, 0.6) is 0 Å². The van der Waals surface area contributed by atoms with Crippen LogP contribution in [-0.2, 0) is 13.5 Å². The lowest BCUT2D eigenvalue weighted by atomic mass is 10.0. The predicted molar refractivity (Wildman–Crippen MR) is 66.5 cm³/mol. The summed E-state index contributed by atoms with van der Waals surface area (Å²) >= 11 is 5.82. The van der Waals surface area contributed by atoms with Crippen molar-refractivity contribution in [2.45, 2.75) is 12.8 Å². The monoisotopic (exact) mass is 239 g/mol. The molecular formula is C12H18ClN3. The topological polar surface area (TPSA) is 21.1 Å². The second-order valence-corrected chi connectivity index (χ2v) is 5.17. The number of rotatable bonds is 4. The molecule has 0 amide bonds. The summed E-state index contributed by atoms with van der Waals surface area (Å²) in [5.74, 6) is 0.736. The van der Waals surface area contributed by atoms with Gasteiger partial charge in [-0.05, 0) is 30.9 Å². The average molecular weight is 240 g/mol. The summed E-state index contributed by atoms with van der Waals surface area (Å²) in [6.07, 6.45) is 6.43. The van der Waals surface area contributed by atoms with E-state index in [0.717, 1.165) is 37.0 Å². The molecule has 0 saturated carbocycles. The van der Waals surface area contributed by atoms with Crippen molar-refractivity contribution >= 4 is 11.6 Å². The van der Waals surface area contributed by atoms with Crippen LogP contribution in [-0.4, -0.2) is 34.3 Å².